The molecule has 0 radical (unpaired) electrons. The van der Waals surface area contributed by atoms with Gasteiger partial charge in [-0.05, 0) is 24.8 Å². The lowest BCUT2D eigenvalue weighted by Crippen LogP contribution is -2.59. The third kappa shape index (κ3) is 10.0. The standard InChI is InChI=1S/C24H37N5O7/c1-4-13(2)20(24(35)36)29-21(32)16(10-11-18(25)31)27-22(33)17(12-15-8-6-5-7-9-15)28-23(34)19(26)14(3)30/h5-9,13-14,16-17,19-20,30H,4,10-12,26H2,1-3H3,(H2,25,31)(H,27,33)(H,28,34)(H,29,32)(H,35,36). The Kier molecular flexibility index (Phi) is 12.5. The van der Waals surface area contributed by atoms with E-state index >= 15 is 0 Å². The Labute approximate surface area is 210 Å². The van der Waals surface area contributed by atoms with Crippen LogP contribution in [-0.4, -0.2) is 70.1 Å². The minimum atomic E-state index is -1.29. The lowest BCUT2D eigenvalue weighted by molar-refractivity contribution is -0.144. The average molecular weight is 508 g/mol. The summed E-state index contributed by atoms with van der Waals surface area (Å²) < 4.78 is 0. The molecule has 0 heterocycles. The van der Waals surface area contributed by atoms with Crippen LogP contribution in [0.1, 0.15) is 45.6 Å². The van der Waals surface area contributed by atoms with E-state index in [-0.39, 0.29) is 19.3 Å². The second kappa shape index (κ2) is 14.8. The highest BCUT2D eigenvalue weighted by atomic mass is 16.4. The topological polar surface area (TPSA) is 214 Å². The fourth-order valence-electron chi connectivity index (χ4n) is 3.31. The normalized spacial score (nSPS) is 15.9. The summed E-state index contributed by atoms with van der Waals surface area (Å²) in [6.45, 7) is 4.76. The van der Waals surface area contributed by atoms with Crippen molar-refractivity contribution in [2.45, 2.75) is 76.7 Å². The number of nitrogens with two attached hydrogens (primary N) is 2. The molecule has 0 aromatic heterocycles. The first kappa shape index (κ1) is 30.5. The molecule has 0 spiro atoms. The number of hydrogen-bond acceptors (Lipinski definition) is 7. The summed E-state index contributed by atoms with van der Waals surface area (Å²) >= 11 is 0. The van der Waals surface area contributed by atoms with E-state index in [1.54, 1.807) is 44.2 Å². The van der Waals surface area contributed by atoms with E-state index in [1.165, 1.54) is 6.92 Å². The molecule has 9 N–H and O–H groups in total. The minimum Gasteiger partial charge on any atom is -0.480 e. The first-order valence-corrected chi connectivity index (χ1v) is 11.8. The zero-order valence-electron chi connectivity index (χ0n) is 20.8. The molecule has 0 saturated heterocycles. The molecule has 0 aliphatic carbocycles. The van der Waals surface area contributed by atoms with Crippen molar-refractivity contribution in [3.05, 3.63) is 35.9 Å². The summed E-state index contributed by atoms with van der Waals surface area (Å²) in [7, 11) is 0. The van der Waals surface area contributed by atoms with Crippen LogP contribution >= 0.6 is 0 Å². The lowest BCUT2D eigenvalue weighted by atomic mass is 9.98. The summed E-state index contributed by atoms with van der Waals surface area (Å²) in [6.07, 6.45) is -1.08. The van der Waals surface area contributed by atoms with Gasteiger partial charge in [0.1, 0.15) is 24.2 Å². The van der Waals surface area contributed by atoms with Gasteiger partial charge in [0.25, 0.3) is 0 Å². The number of benzene rings is 1. The Morgan fingerprint density at radius 2 is 1.47 bits per heavy atom. The Bertz CT molecular complexity index is 909. The maximum Gasteiger partial charge on any atom is 0.326 e. The molecule has 1 rings (SSSR count). The Balaban J connectivity index is 3.16. The van der Waals surface area contributed by atoms with Crippen molar-refractivity contribution in [2.75, 3.05) is 0 Å². The van der Waals surface area contributed by atoms with Gasteiger partial charge in [-0.15, -0.1) is 0 Å². The number of nitrogens with one attached hydrogen (secondary N) is 3. The van der Waals surface area contributed by atoms with E-state index in [4.69, 9.17) is 11.5 Å². The number of rotatable bonds is 15. The fourth-order valence-corrected chi connectivity index (χ4v) is 3.31. The fraction of sp³-hybridized carbons (Fsp3) is 0.542. The van der Waals surface area contributed by atoms with Crippen molar-refractivity contribution in [3.63, 3.8) is 0 Å². The molecule has 6 unspecified atom stereocenters. The monoisotopic (exact) mass is 507 g/mol. The number of primary amides is 1. The highest BCUT2D eigenvalue weighted by Gasteiger charge is 2.32. The molecule has 0 aliphatic heterocycles. The quantitative estimate of drug-likeness (QED) is 0.152. The summed E-state index contributed by atoms with van der Waals surface area (Å²) in [5.74, 6) is -4.68. The number of carbonyl (C=O) groups excluding carboxylic acids is 4. The third-order valence-corrected chi connectivity index (χ3v) is 5.83. The summed E-state index contributed by atoms with van der Waals surface area (Å²) in [4.78, 5) is 61.6. The van der Waals surface area contributed by atoms with Crippen molar-refractivity contribution in [1.82, 2.24) is 16.0 Å². The van der Waals surface area contributed by atoms with Crippen LogP contribution in [0.2, 0.25) is 0 Å². The molecule has 4 amide bonds. The maximum atomic E-state index is 13.2. The Morgan fingerprint density at radius 1 is 0.917 bits per heavy atom. The second-order valence-electron chi connectivity index (χ2n) is 8.79. The van der Waals surface area contributed by atoms with Crippen molar-refractivity contribution < 1.29 is 34.2 Å². The molecule has 6 atom stereocenters. The number of carbonyl (C=O) groups is 5. The predicted molar refractivity (Wildman–Crippen MR) is 131 cm³/mol. The van der Waals surface area contributed by atoms with Gasteiger partial charge in [0.2, 0.25) is 23.6 Å². The smallest absolute Gasteiger partial charge is 0.326 e. The molecule has 12 heteroatoms. The molecule has 36 heavy (non-hydrogen) atoms. The average Bonchev–Trinajstić information content (AvgIpc) is 2.83. The van der Waals surface area contributed by atoms with E-state index in [0.29, 0.717) is 12.0 Å². The largest absolute Gasteiger partial charge is 0.480 e. The van der Waals surface area contributed by atoms with Gasteiger partial charge in [0.15, 0.2) is 0 Å². The minimum absolute atomic E-state index is 0.0414. The zero-order valence-corrected chi connectivity index (χ0v) is 20.8. The van der Waals surface area contributed by atoms with Crippen LogP contribution in [0, 0.1) is 5.92 Å². The van der Waals surface area contributed by atoms with Crippen LogP contribution in [0.15, 0.2) is 30.3 Å². The number of hydrogen-bond donors (Lipinski definition) is 7. The number of aliphatic carboxylic acids is 1. The molecule has 12 nitrogen and oxygen atoms in total. The van der Waals surface area contributed by atoms with Gasteiger partial charge in [0, 0.05) is 12.8 Å². The highest BCUT2D eigenvalue weighted by molar-refractivity contribution is 5.94. The molecule has 0 saturated carbocycles. The summed E-state index contributed by atoms with van der Waals surface area (Å²) in [5, 5.41) is 26.5. The van der Waals surface area contributed by atoms with Crippen LogP contribution in [-0.2, 0) is 30.4 Å². The molecule has 0 bridgehead atoms. The molecular formula is C24H37N5O7. The van der Waals surface area contributed by atoms with Gasteiger partial charge in [-0.3, -0.25) is 19.2 Å². The van der Waals surface area contributed by atoms with Crippen molar-refractivity contribution in [3.8, 4) is 0 Å². The highest BCUT2D eigenvalue weighted by Crippen LogP contribution is 2.10. The molecule has 200 valence electrons. The van der Waals surface area contributed by atoms with E-state index in [1.807, 2.05) is 0 Å². The first-order chi connectivity index (χ1) is 16.9. The van der Waals surface area contributed by atoms with Crippen LogP contribution in [0.4, 0.5) is 0 Å². The number of carboxylic acid groups (broad SMARTS) is 1. The SMILES string of the molecule is CCC(C)C(NC(=O)C(CCC(N)=O)NC(=O)C(Cc1ccccc1)NC(=O)C(N)C(C)O)C(=O)O. The van der Waals surface area contributed by atoms with Crippen LogP contribution in [0.25, 0.3) is 0 Å². The van der Waals surface area contributed by atoms with Gasteiger partial charge in [0.05, 0.1) is 6.10 Å². The van der Waals surface area contributed by atoms with Crippen LogP contribution in [0.5, 0.6) is 0 Å². The van der Waals surface area contributed by atoms with E-state index < -0.39 is 65.8 Å². The van der Waals surface area contributed by atoms with Gasteiger partial charge in [-0.25, -0.2) is 4.79 Å². The van der Waals surface area contributed by atoms with Crippen molar-refractivity contribution >= 4 is 29.6 Å². The molecule has 0 aliphatic rings. The second-order valence-corrected chi connectivity index (χ2v) is 8.79. The molecule has 1 aromatic rings. The summed E-state index contributed by atoms with van der Waals surface area (Å²) in [6, 6.07) is 3.77. The van der Waals surface area contributed by atoms with E-state index in [0.717, 1.165) is 0 Å². The first-order valence-electron chi connectivity index (χ1n) is 11.8. The van der Waals surface area contributed by atoms with Gasteiger partial charge >= 0.3 is 5.97 Å². The predicted octanol–water partition coefficient (Wildman–Crippen LogP) is -1.21. The van der Waals surface area contributed by atoms with Gasteiger partial charge in [-0.2, -0.15) is 0 Å². The summed E-state index contributed by atoms with van der Waals surface area (Å²) in [5.41, 5.74) is 11.6. The zero-order chi connectivity index (χ0) is 27.4. The maximum absolute atomic E-state index is 13.2. The third-order valence-electron chi connectivity index (χ3n) is 5.83. The number of carboxylic acids is 1. The van der Waals surface area contributed by atoms with Crippen LogP contribution in [0.3, 0.4) is 0 Å². The molecule has 1 aromatic carbocycles. The number of amides is 4. The molecular weight excluding hydrogens is 470 g/mol. The van der Waals surface area contributed by atoms with Gasteiger partial charge in [-0.1, -0.05) is 50.6 Å². The number of aliphatic hydroxyl groups is 1. The molecule has 0 fully saturated rings. The van der Waals surface area contributed by atoms with E-state index in [9.17, 15) is 34.2 Å². The Hall–Kier alpha value is -3.51. The van der Waals surface area contributed by atoms with Crippen molar-refractivity contribution in [1.29, 1.82) is 0 Å². The van der Waals surface area contributed by atoms with Gasteiger partial charge < -0.3 is 37.6 Å². The van der Waals surface area contributed by atoms with Crippen molar-refractivity contribution in [2.24, 2.45) is 17.4 Å². The Morgan fingerprint density at radius 3 is 1.97 bits per heavy atom. The van der Waals surface area contributed by atoms with Crippen LogP contribution < -0.4 is 27.4 Å². The number of aliphatic hydroxyl groups excluding tert-OH is 1. The van der Waals surface area contributed by atoms with E-state index in [2.05, 4.69) is 16.0 Å². The lowest BCUT2D eigenvalue weighted by Gasteiger charge is -2.26.